The second kappa shape index (κ2) is 11.0. The average Bonchev–Trinajstić information content (AvgIpc) is 2.90. The van der Waals surface area contributed by atoms with Gasteiger partial charge in [-0.2, -0.15) is 0 Å². The standard InChI is InChI=1S/C21H37FO2/c1-4-6-8-9-10-11-18-17(12-14-19(18)23)13-15-20(24)21(3,22)16-7-5-2/h8-9,13,15,17-20,23-24H,4-7,10-12,14,16H2,1-3H3/b9-8+,15-13?/t17-,18-,19?,20?,21?/m1/s1. The molecule has 0 aromatic carbocycles. The van der Waals surface area contributed by atoms with Crippen LogP contribution in [0.5, 0.6) is 0 Å². The van der Waals surface area contributed by atoms with Crippen molar-refractivity contribution in [2.45, 2.75) is 96.4 Å². The van der Waals surface area contributed by atoms with Crippen molar-refractivity contribution in [1.29, 1.82) is 0 Å². The van der Waals surface area contributed by atoms with Crippen LogP contribution in [0.25, 0.3) is 0 Å². The number of hydrogen-bond donors (Lipinski definition) is 2. The van der Waals surface area contributed by atoms with Crippen LogP contribution in [-0.2, 0) is 0 Å². The van der Waals surface area contributed by atoms with E-state index in [1.54, 1.807) is 6.08 Å². The first kappa shape index (κ1) is 21.4. The number of aliphatic hydroxyl groups excluding tert-OH is 2. The Morgan fingerprint density at radius 1 is 1.17 bits per heavy atom. The van der Waals surface area contributed by atoms with E-state index in [0.717, 1.165) is 51.4 Å². The Kier molecular flexibility index (Phi) is 9.84. The second-order valence-corrected chi connectivity index (χ2v) is 7.52. The van der Waals surface area contributed by atoms with Gasteiger partial charge in [-0.1, -0.05) is 57.4 Å². The summed E-state index contributed by atoms with van der Waals surface area (Å²) in [5.74, 6) is 0.470. The van der Waals surface area contributed by atoms with E-state index >= 15 is 0 Å². The van der Waals surface area contributed by atoms with E-state index in [-0.39, 0.29) is 17.9 Å². The summed E-state index contributed by atoms with van der Waals surface area (Å²) >= 11 is 0. The molecule has 3 heteroatoms. The van der Waals surface area contributed by atoms with Crippen molar-refractivity contribution < 1.29 is 14.6 Å². The zero-order valence-corrected chi connectivity index (χ0v) is 15.8. The minimum atomic E-state index is -1.57. The summed E-state index contributed by atoms with van der Waals surface area (Å²) in [6.07, 6.45) is 14.7. The largest absolute Gasteiger partial charge is 0.393 e. The summed E-state index contributed by atoms with van der Waals surface area (Å²) in [6, 6.07) is 0. The molecular weight excluding hydrogens is 303 g/mol. The predicted molar refractivity (Wildman–Crippen MR) is 99.7 cm³/mol. The Balaban J connectivity index is 2.54. The maximum absolute atomic E-state index is 14.5. The van der Waals surface area contributed by atoms with Crippen molar-refractivity contribution in [3.05, 3.63) is 24.3 Å². The van der Waals surface area contributed by atoms with Crippen molar-refractivity contribution in [3.63, 3.8) is 0 Å². The molecule has 5 atom stereocenters. The van der Waals surface area contributed by atoms with E-state index in [4.69, 9.17) is 0 Å². The monoisotopic (exact) mass is 340 g/mol. The smallest absolute Gasteiger partial charge is 0.137 e. The first-order valence-electron chi connectivity index (χ1n) is 9.80. The highest BCUT2D eigenvalue weighted by Gasteiger charge is 2.34. The van der Waals surface area contributed by atoms with Gasteiger partial charge in [0.15, 0.2) is 0 Å². The third-order valence-electron chi connectivity index (χ3n) is 5.31. The molecule has 2 N–H and O–H groups in total. The number of allylic oxidation sites excluding steroid dienone is 3. The summed E-state index contributed by atoms with van der Waals surface area (Å²) in [5, 5.41) is 20.4. The minimum Gasteiger partial charge on any atom is -0.393 e. The Bertz CT molecular complexity index is 389. The fraction of sp³-hybridized carbons (Fsp3) is 0.810. The molecule has 1 saturated carbocycles. The summed E-state index contributed by atoms with van der Waals surface area (Å²) in [5.41, 5.74) is -1.57. The highest BCUT2D eigenvalue weighted by Crippen LogP contribution is 2.37. The molecule has 1 aliphatic rings. The lowest BCUT2D eigenvalue weighted by Gasteiger charge is -2.25. The molecular formula is C21H37FO2. The van der Waals surface area contributed by atoms with Crippen LogP contribution in [0.1, 0.15) is 78.6 Å². The molecule has 0 aliphatic heterocycles. The zero-order valence-electron chi connectivity index (χ0n) is 15.8. The molecule has 2 nitrogen and oxygen atoms in total. The number of alkyl halides is 1. The Morgan fingerprint density at radius 3 is 2.54 bits per heavy atom. The maximum atomic E-state index is 14.5. The van der Waals surface area contributed by atoms with Gasteiger partial charge in [0.25, 0.3) is 0 Å². The van der Waals surface area contributed by atoms with Crippen molar-refractivity contribution in [2.24, 2.45) is 11.8 Å². The number of halogens is 1. The average molecular weight is 341 g/mol. The molecule has 0 amide bonds. The van der Waals surface area contributed by atoms with Gasteiger partial charge in [-0.05, 0) is 57.3 Å². The minimum absolute atomic E-state index is 0.223. The molecule has 0 heterocycles. The van der Waals surface area contributed by atoms with E-state index in [9.17, 15) is 14.6 Å². The van der Waals surface area contributed by atoms with Crippen LogP contribution in [0.2, 0.25) is 0 Å². The fourth-order valence-electron chi connectivity index (χ4n) is 3.53. The molecule has 0 saturated heterocycles. The van der Waals surface area contributed by atoms with Gasteiger partial charge in [0, 0.05) is 0 Å². The first-order valence-corrected chi connectivity index (χ1v) is 9.80. The molecule has 1 aliphatic carbocycles. The van der Waals surface area contributed by atoms with Gasteiger partial charge in [-0.25, -0.2) is 4.39 Å². The van der Waals surface area contributed by atoms with E-state index in [1.807, 2.05) is 13.0 Å². The van der Waals surface area contributed by atoms with Gasteiger partial charge in [0.05, 0.1) is 6.10 Å². The number of rotatable bonds is 11. The summed E-state index contributed by atoms with van der Waals surface area (Å²) in [7, 11) is 0. The van der Waals surface area contributed by atoms with Crippen molar-refractivity contribution in [3.8, 4) is 0 Å². The molecule has 1 rings (SSSR count). The lowest BCUT2D eigenvalue weighted by atomic mass is 9.88. The molecule has 24 heavy (non-hydrogen) atoms. The van der Waals surface area contributed by atoms with Crippen molar-refractivity contribution in [1.82, 2.24) is 0 Å². The second-order valence-electron chi connectivity index (χ2n) is 7.52. The predicted octanol–water partition coefficient (Wildman–Crippen LogP) is 5.35. The number of unbranched alkanes of at least 4 members (excludes halogenated alkanes) is 2. The molecule has 140 valence electrons. The van der Waals surface area contributed by atoms with Crippen LogP contribution < -0.4 is 0 Å². The van der Waals surface area contributed by atoms with E-state index in [2.05, 4.69) is 19.1 Å². The number of hydrogen-bond acceptors (Lipinski definition) is 2. The Morgan fingerprint density at radius 2 is 1.88 bits per heavy atom. The third kappa shape index (κ3) is 7.06. The van der Waals surface area contributed by atoms with Crippen LogP contribution in [0.15, 0.2) is 24.3 Å². The molecule has 0 aromatic heterocycles. The van der Waals surface area contributed by atoms with Gasteiger partial charge < -0.3 is 10.2 Å². The molecule has 0 radical (unpaired) electrons. The lowest BCUT2D eigenvalue weighted by Crippen LogP contribution is -2.33. The van der Waals surface area contributed by atoms with Gasteiger partial charge in [-0.3, -0.25) is 0 Å². The van der Waals surface area contributed by atoms with Gasteiger partial charge in [0.2, 0.25) is 0 Å². The van der Waals surface area contributed by atoms with Gasteiger partial charge >= 0.3 is 0 Å². The van der Waals surface area contributed by atoms with Gasteiger partial charge in [0.1, 0.15) is 11.8 Å². The SMILES string of the molecule is CCC/C=C/CC[C@H]1C(O)CC[C@@H]1C=CC(O)C(C)(F)CCCC. The molecule has 0 aromatic rings. The van der Waals surface area contributed by atoms with E-state index < -0.39 is 11.8 Å². The van der Waals surface area contributed by atoms with Crippen LogP contribution in [-0.4, -0.2) is 28.1 Å². The third-order valence-corrected chi connectivity index (χ3v) is 5.31. The summed E-state index contributed by atoms with van der Waals surface area (Å²) < 4.78 is 14.5. The molecule has 0 spiro atoms. The normalized spacial score (nSPS) is 28.7. The van der Waals surface area contributed by atoms with E-state index in [1.165, 1.54) is 6.92 Å². The number of aliphatic hydroxyl groups is 2. The van der Waals surface area contributed by atoms with Crippen LogP contribution in [0.4, 0.5) is 4.39 Å². The Labute approximate surface area is 147 Å². The first-order chi connectivity index (χ1) is 11.4. The van der Waals surface area contributed by atoms with Crippen LogP contribution in [0.3, 0.4) is 0 Å². The van der Waals surface area contributed by atoms with Crippen molar-refractivity contribution >= 4 is 0 Å². The highest BCUT2D eigenvalue weighted by atomic mass is 19.1. The van der Waals surface area contributed by atoms with Crippen LogP contribution >= 0.6 is 0 Å². The van der Waals surface area contributed by atoms with E-state index in [0.29, 0.717) is 6.42 Å². The maximum Gasteiger partial charge on any atom is 0.137 e. The molecule has 1 fully saturated rings. The lowest BCUT2D eigenvalue weighted by molar-refractivity contribution is 0.0269. The van der Waals surface area contributed by atoms with Crippen molar-refractivity contribution in [2.75, 3.05) is 0 Å². The molecule has 0 bridgehead atoms. The summed E-state index contributed by atoms with van der Waals surface area (Å²) in [4.78, 5) is 0. The van der Waals surface area contributed by atoms with Crippen LogP contribution in [0, 0.1) is 11.8 Å². The zero-order chi connectivity index (χ0) is 18.0. The highest BCUT2D eigenvalue weighted by molar-refractivity contribution is 5.05. The molecule has 3 unspecified atom stereocenters. The quantitative estimate of drug-likeness (QED) is 0.498. The van der Waals surface area contributed by atoms with Gasteiger partial charge in [-0.15, -0.1) is 0 Å². The topological polar surface area (TPSA) is 40.5 Å². The fourth-order valence-corrected chi connectivity index (χ4v) is 3.53. The summed E-state index contributed by atoms with van der Waals surface area (Å²) in [6.45, 7) is 5.67. The Hall–Kier alpha value is -0.670.